The van der Waals surface area contributed by atoms with E-state index in [0.717, 1.165) is 0 Å². The van der Waals surface area contributed by atoms with Gasteiger partial charge in [0.25, 0.3) is 0 Å². The first-order valence-corrected chi connectivity index (χ1v) is 12.6. The quantitative estimate of drug-likeness (QED) is 0.165. The Morgan fingerprint density at radius 2 is 1.55 bits per heavy atom. The molecule has 0 aromatic heterocycles. The summed E-state index contributed by atoms with van der Waals surface area (Å²) in [5, 5.41) is 32.6. The minimum absolute atomic E-state index is 0.0303. The number of carboxylic acid groups (broad SMARTS) is 1. The number of aliphatic hydroxyl groups excluding tert-OH is 1. The van der Waals surface area contributed by atoms with Crippen LogP contribution in [0.4, 0.5) is 4.39 Å². The van der Waals surface area contributed by atoms with E-state index in [1.165, 1.54) is 30.3 Å². The van der Waals surface area contributed by atoms with Gasteiger partial charge in [0.05, 0.1) is 13.2 Å². The molecule has 4 rings (SSSR count). The molecule has 40 heavy (non-hydrogen) atoms. The van der Waals surface area contributed by atoms with Crippen molar-refractivity contribution in [1.82, 2.24) is 5.32 Å². The molecule has 4 aromatic carbocycles. The van der Waals surface area contributed by atoms with Gasteiger partial charge in [-0.15, -0.1) is 0 Å². The average Bonchev–Trinajstić information content (AvgIpc) is 2.96. The van der Waals surface area contributed by atoms with Crippen LogP contribution < -0.4 is 19.5 Å². The maximum Gasteiger partial charge on any atom is 0.339 e. The lowest BCUT2D eigenvalue weighted by atomic mass is 10.0. The Kier molecular flexibility index (Phi) is 9.21. The number of rotatable bonds is 12. The van der Waals surface area contributed by atoms with Crippen molar-refractivity contribution in [2.75, 3.05) is 20.3 Å². The third-order valence-corrected chi connectivity index (χ3v) is 6.30. The molecule has 0 radical (unpaired) electrons. The van der Waals surface area contributed by atoms with Gasteiger partial charge in [-0.2, -0.15) is 0 Å². The topological polar surface area (TPSA) is 117 Å². The molecule has 208 valence electrons. The number of aromatic hydroxyl groups is 1. The number of benzene rings is 4. The van der Waals surface area contributed by atoms with Crippen molar-refractivity contribution in [3.63, 3.8) is 0 Å². The van der Waals surface area contributed by atoms with Crippen molar-refractivity contribution >= 4 is 5.97 Å². The molecular weight excluding hydrogens is 517 g/mol. The van der Waals surface area contributed by atoms with E-state index in [1.54, 1.807) is 61.7 Å². The van der Waals surface area contributed by atoms with E-state index in [2.05, 4.69) is 5.32 Å². The summed E-state index contributed by atoms with van der Waals surface area (Å²) in [5.74, 6) is -0.362. The number of aliphatic hydroxyl groups is 1. The SMILES string of the molecule is COc1ccc(Oc2cc(-c3ccc(OCCN[C@H](C)[C@H](O)c4ccc(O)cc4)c(F)c3)ccc2C(=O)O)cc1. The first-order valence-electron chi connectivity index (χ1n) is 12.6. The van der Waals surface area contributed by atoms with Crippen LogP contribution in [0.5, 0.6) is 28.7 Å². The zero-order chi connectivity index (χ0) is 28.6. The Balaban J connectivity index is 1.39. The molecule has 0 heterocycles. The Morgan fingerprint density at radius 1 is 0.900 bits per heavy atom. The summed E-state index contributed by atoms with van der Waals surface area (Å²) in [5.41, 5.74) is 1.72. The van der Waals surface area contributed by atoms with Gasteiger partial charge >= 0.3 is 5.97 Å². The number of phenols is 1. The molecule has 9 heteroatoms. The molecule has 0 saturated heterocycles. The molecular formula is C31H30FNO7. The maximum atomic E-state index is 14.9. The molecule has 0 unspecified atom stereocenters. The molecule has 8 nitrogen and oxygen atoms in total. The van der Waals surface area contributed by atoms with E-state index in [4.69, 9.17) is 14.2 Å². The van der Waals surface area contributed by atoms with Gasteiger partial charge in [0.1, 0.15) is 35.2 Å². The molecule has 0 fully saturated rings. The second-order valence-electron chi connectivity index (χ2n) is 9.07. The minimum atomic E-state index is -1.15. The smallest absolute Gasteiger partial charge is 0.339 e. The average molecular weight is 548 g/mol. The standard InChI is InChI=1S/C31H30FNO7/c1-19(30(35)20-3-7-23(34)8-4-20)33-15-16-39-28-14-6-21(17-27(28)32)22-5-13-26(31(36)37)29(18-22)40-25-11-9-24(38-2)10-12-25/h3-14,17-19,30,33-35H,15-16H2,1-2H3,(H,36,37)/t19-,30+/m1/s1. The van der Waals surface area contributed by atoms with Crippen LogP contribution in [0.3, 0.4) is 0 Å². The molecule has 0 aliphatic rings. The van der Waals surface area contributed by atoms with E-state index < -0.39 is 17.9 Å². The Bertz CT molecular complexity index is 1440. The third kappa shape index (κ3) is 7.07. The number of phenolic OH excluding ortho intramolecular Hbond substituents is 1. The molecule has 0 saturated carbocycles. The van der Waals surface area contributed by atoms with Crippen LogP contribution in [0.25, 0.3) is 11.1 Å². The number of nitrogens with one attached hydrogen (secondary N) is 1. The van der Waals surface area contributed by atoms with Crippen molar-refractivity contribution in [3.8, 4) is 39.9 Å². The second-order valence-corrected chi connectivity index (χ2v) is 9.07. The lowest BCUT2D eigenvalue weighted by molar-refractivity contribution is 0.0694. The van der Waals surface area contributed by atoms with E-state index >= 15 is 0 Å². The van der Waals surface area contributed by atoms with Gasteiger partial charge in [-0.3, -0.25) is 0 Å². The first kappa shape index (κ1) is 28.4. The fourth-order valence-electron chi connectivity index (χ4n) is 4.05. The van der Waals surface area contributed by atoms with Gasteiger partial charge in [-0.1, -0.05) is 24.3 Å². The van der Waals surface area contributed by atoms with Gasteiger partial charge in [0, 0.05) is 12.6 Å². The highest BCUT2D eigenvalue weighted by Gasteiger charge is 2.17. The van der Waals surface area contributed by atoms with E-state index in [-0.39, 0.29) is 35.5 Å². The predicted octanol–water partition coefficient (Wildman–Crippen LogP) is 5.79. The second kappa shape index (κ2) is 13.0. The minimum Gasteiger partial charge on any atom is -0.508 e. The number of hydrogen-bond donors (Lipinski definition) is 4. The largest absolute Gasteiger partial charge is 0.508 e. The zero-order valence-electron chi connectivity index (χ0n) is 22.0. The van der Waals surface area contributed by atoms with Crippen LogP contribution in [0.2, 0.25) is 0 Å². The highest BCUT2D eigenvalue weighted by Crippen LogP contribution is 2.33. The predicted molar refractivity (Wildman–Crippen MR) is 148 cm³/mol. The summed E-state index contributed by atoms with van der Waals surface area (Å²) in [7, 11) is 1.54. The van der Waals surface area contributed by atoms with Crippen LogP contribution in [0.1, 0.15) is 28.9 Å². The van der Waals surface area contributed by atoms with Gasteiger partial charge in [0.15, 0.2) is 11.6 Å². The number of hydrogen-bond acceptors (Lipinski definition) is 7. The number of methoxy groups -OCH3 is 1. The van der Waals surface area contributed by atoms with Crippen LogP contribution in [-0.4, -0.2) is 47.6 Å². The van der Waals surface area contributed by atoms with Crippen LogP contribution >= 0.6 is 0 Å². The van der Waals surface area contributed by atoms with Crippen molar-refractivity contribution < 1.29 is 38.7 Å². The van der Waals surface area contributed by atoms with E-state index in [1.807, 2.05) is 6.92 Å². The zero-order valence-corrected chi connectivity index (χ0v) is 22.0. The van der Waals surface area contributed by atoms with E-state index in [9.17, 15) is 24.5 Å². The number of carbonyl (C=O) groups is 1. The number of ether oxygens (including phenoxy) is 3. The normalized spacial score (nSPS) is 12.4. The highest BCUT2D eigenvalue weighted by atomic mass is 19.1. The summed E-state index contributed by atoms with van der Waals surface area (Å²) >= 11 is 0. The summed E-state index contributed by atoms with van der Waals surface area (Å²) in [4.78, 5) is 11.7. The lowest BCUT2D eigenvalue weighted by Crippen LogP contribution is -2.35. The number of carboxylic acids is 1. The fraction of sp³-hybridized carbons (Fsp3) is 0.194. The van der Waals surface area contributed by atoms with Gasteiger partial charge in [-0.25, -0.2) is 9.18 Å². The number of aromatic carboxylic acids is 1. The first-order chi connectivity index (χ1) is 19.2. The van der Waals surface area contributed by atoms with Crippen molar-refractivity contribution in [1.29, 1.82) is 0 Å². The maximum absolute atomic E-state index is 14.9. The summed E-state index contributed by atoms with van der Waals surface area (Å²) < 4.78 is 31.4. The van der Waals surface area contributed by atoms with Crippen molar-refractivity contribution in [3.05, 3.63) is 102 Å². The molecule has 0 bridgehead atoms. The molecule has 2 atom stereocenters. The molecule has 4 aromatic rings. The molecule has 0 aliphatic heterocycles. The van der Waals surface area contributed by atoms with Crippen LogP contribution in [0, 0.1) is 5.82 Å². The third-order valence-electron chi connectivity index (χ3n) is 6.30. The summed E-state index contributed by atoms with van der Waals surface area (Å²) in [6.45, 7) is 2.34. The Hall–Kier alpha value is -4.60. The molecule has 0 amide bonds. The number of halogens is 1. The monoisotopic (exact) mass is 547 g/mol. The highest BCUT2D eigenvalue weighted by molar-refractivity contribution is 5.92. The van der Waals surface area contributed by atoms with Crippen molar-refractivity contribution in [2.24, 2.45) is 0 Å². The van der Waals surface area contributed by atoms with Gasteiger partial charge in [0.2, 0.25) is 0 Å². The Morgan fingerprint density at radius 3 is 2.20 bits per heavy atom. The molecule has 0 spiro atoms. The van der Waals surface area contributed by atoms with Crippen LogP contribution in [0.15, 0.2) is 84.9 Å². The summed E-state index contributed by atoms with van der Waals surface area (Å²) in [6, 6.07) is 21.8. The summed E-state index contributed by atoms with van der Waals surface area (Å²) in [6.07, 6.45) is -0.789. The lowest BCUT2D eigenvalue weighted by Gasteiger charge is -2.21. The fourth-order valence-corrected chi connectivity index (χ4v) is 4.05. The Labute approximate surface area is 231 Å². The molecule has 4 N–H and O–H groups in total. The van der Waals surface area contributed by atoms with E-state index in [0.29, 0.717) is 34.7 Å². The van der Waals surface area contributed by atoms with Crippen LogP contribution in [-0.2, 0) is 0 Å². The molecule has 0 aliphatic carbocycles. The van der Waals surface area contributed by atoms with Crippen molar-refractivity contribution in [2.45, 2.75) is 19.1 Å². The van der Waals surface area contributed by atoms with Gasteiger partial charge < -0.3 is 34.8 Å². The van der Waals surface area contributed by atoms with Gasteiger partial charge in [-0.05, 0) is 84.3 Å².